The summed E-state index contributed by atoms with van der Waals surface area (Å²) in [5, 5.41) is 5.92. The van der Waals surface area contributed by atoms with Crippen LogP contribution in [0.3, 0.4) is 0 Å². The van der Waals surface area contributed by atoms with Crippen LogP contribution in [0.4, 0.5) is 0 Å². The summed E-state index contributed by atoms with van der Waals surface area (Å²) in [7, 11) is 1.56. The van der Waals surface area contributed by atoms with Gasteiger partial charge in [0.25, 0.3) is 5.91 Å². The van der Waals surface area contributed by atoms with Gasteiger partial charge in [-0.15, -0.1) is 0 Å². The van der Waals surface area contributed by atoms with Crippen molar-refractivity contribution in [2.75, 3.05) is 13.7 Å². The third-order valence-electron chi connectivity index (χ3n) is 4.91. The molecule has 1 N–H and O–H groups in total. The summed E-state index contributed by atoms with van der Waals surface area (Å²) in [5.74, 6) is 0.750. The van der Waals surface area contributed by atoms with Gasteiger partial charge in [-0.1, -0.05) is 48.5 Å². The van der Waals surface area contributed by atoms with Crippen LogP contribution in [0.5, 0.6) is 17.2 Å². The molecular weight excluding hydrogens is 432 g/mol. The van der Waals surface area contributed by atoms with E-state index in [9.17, 15) is 9.59 Å². The molecule has 4 aromatic rings. The Morgan fingerprint density at radius 3 is 2.47 bits per heavy atom. The molecule has 0 saturated heterocycles. The van der Waals surface area contributed by atoms with Gasteiger partial charge in [-0.05, 0) is 53.4 Å². The van der Waals surface area contributed by atoms with Gasteiger partial charge in [0.05, 0.1) is 18.9 Å². The number of methoxy groups -OCH3 is 1. The molecule has 0 atom stereocenters. The number of rotatable bonds is 8. The Bertz CT molecular complexity index is 1330. The van der Waals surface area contributed by atoms with E-state index in [1.807, 2.05) is 42.5 Å². The Labute approximate surface area is 196 Å². The van der Waals surface area contributed by atoms with Crippen molar-refractivity contribution in [1.29, 1.82) is 0 Å². The standard InChI is InChI=1S/C27H22N2O5/c1-32-22-14-12-21(13-15-22)27(31)34-23-9-4-6-19(16-23)17-28-29-26(30)18-33-25-11-5-8-20-7-2-3-10-24(20)25/h2-17H,18H2,1H3,(H,29,30). The number of nitrogens with one attached hydrogen (secondary N) is 1. The Morgan fingerprint density at radius 2 is 1.65 bits per heavy atom. The van der Waals surface area contributed by atoms with Crippen molar-refractivity contribution in [3.8, 4) is 17.2 Å². The number of hydrogen-bond acceptors (Lipinski definition) is 6. The average molecular weight is 454 g/mol. The van der Waals surface area contributed by atoms with Crippen LogP contribution in [0.15, 0.2) is 96.1 Å². The fourth-order valence-electron chi connectivity index (χ4n) is 3.23. The van der Waals surface area contributed by atoms with Crippen molar-refractivity contribution < 1.29 is 23.8 Å². The lowest BCUT2D eigenvalue weighted by Crippen LogP contribution is -2.24. The van der Waals surface area contributed by atoms with Gasteiger partial charge in [-0.2, -0.15) is 5.10 Å². The fraction of sp³-hybridized carbons (Fsp3) is 0.0741. The minimum atomic E-state index is -0.490. The number of benzene rings is 4. The fourth-order valence-corrected chi connectivity index (χ4v) is 3.23. The van der Waals surface area contributed by atoms with Gasteiger partial charge in [-0.3, -0.25) is 4.79 Å². The Morgan fingerprint density at radius 1 is 0.882 bits per heavy atom. The lowest BCUT2D eigenvalue weighted by atomic mass is 10.1. The molecule has 0 radical (unpaired) electrons. The van der Waals surface area contributed by atoms with Gasteiger partial charge < -0.3 is 14.2 Å². The summed E-state index contributed by atoms with van der Waals surface area (Å²) in [4.78, 5) is 24.5. The highest BCUT2D eigenvalue weighted by Gasteiger charge is 2.09. The molecular formula is C27H22N2O5. The summed E-state index contributed by atoms with van der Waals surface area (Å²) in [6.45, 7) is -0.176. The van der Waals surface area contributed by atoms with Crippen molar-refractivity contribution in [2.24, 2.45) is 5.10 Å². The lowest BCUT2D eigenvalue weighted by molar-refractivity contribution is -0.123. The molecule has 0 aliphatic carbocycles. The van der Waals surface area contributed by atoms with Crippen LogP contribution in [0, 0.1) is 0 Å². The largest absolute Gasteiger partial charge is 0.497 e. The molecule has 0 aliphatic rings. The Hall–Kier alpha value is -4.65. The number of ether oxygens (including phenoxy) is 3. The van der Waals surface area contributed by atoms with Gasteiger partial charge >= 0.3 is 5.97 Å². The highest BCUT2D eigenvalue weighted by Crippen LogP contribution is 2.25. The number of hydrazone groups is 1. The highest BCUT2D eigenvalue weighted by atomic mass is 16.5. The molecule has 0 fully saturated rings. The molecule has 0 unspecified atom stereocenters. The lowest BCUT2D eigenvalue weighted by Gasteiger charge is -2.08. The first-order valence-corrected chi connectivity index (χ1v) is 10.5. The van der Waals surface area contributed by atoms with Gasteiger partial charge in [0.15, 0.2) is 6.61 Å². The van der Waals surface area contributed by atoms with Crippen molar-refractivity contribution in [3.05, 3.63) is 102 Å². The maximum absolute atomic E-state index is 12.3. The molecule has 0 aromatic heterocycles. The molecule has 0 aliphatic heterocycles. The van der Waals surface area contributed by atoms with Gasteiger partial charge in [0.2, 0.25) is 0 Å². The molecule has 170 valence electrons. The second-order valence-electron chi connectivity index (χ2n) is 7.25. The molecule has 0 spiro atoms. The van der Waals surface area contributed by atoms with E-state index in [2.05, 4.69) is 10.5 Å². The summed E-state index contributed by atoms with van der Waals surface area (Å²) in [6, 6.07) is 26.9. The van der Waals surface area contributed by atoms with Gasteiger partial charge in [0.1, 0.15) is 17.2 Å². The van der Waals surface area contributed by atoms with E-state index >= 15 is 0 Å². The second-order valence-corrected chi connectivity index (χ2v) is 7.25. The predicted octanol–water partition coefficient (Wildman–Crippen LogP) is 4.60. The van der Waals surface area contributed by atoms with E-state index in [1.165, 1.54) is 6.21 Å². The number of carbonyl (C=O) groups excluding carboxylic acids is 2. The summed E-state index contributed by atoms with van der Waals surface area (Å²) in [6.07, 6.45) is 1.46. The predicted molar refractivity (Wildman–Crippen MR) is 130 cm³/mol. The average Bonchev–Trinajstić information content (AvgIpc) is 2.87. The smallest absolute Gasteiger partial charge is 0.343 e. The van der Waals surface area contributed by atoms with Crippen LogP contribution < -0.4 is 19.6 Å². The van der Waals surface area contributed by atoms with Crippen molar-refractivity contribution >= 4 is 28.9 Å². The third-order valence-corrected chi connectivity index (χ3v) is 4.91. The van der Waals surface area contributed by atoms with E-state index in [0.29, 0.717) is 28.4 Å². The number of amides is 1. The van der Waals surface area contributed by atoms with E-state index in [0.717, 1.165) is 10.8 Å². The first-order chi connectivity index (χ1) is 16.6. The van der Waals surface area contributed by atoms with Crippen LogP contribution in [-0.4, -0.2) is 31.8 Å². The summed E-state index contributed by atoms with van der Waals surface area (Å²) < 4.78 is 16.2. The minimum absolute atomic E-state index is 0.176. The first kappa shape index (κ1) is 22.5. The molecule has 1 amide bonds. The molecule has 4 rings (SSSR count). The molecule has 7 heteroatoms. The van der Waals surface area contributed by atoms with Crippen LogP contribution in [0.25, 0.3) is 10.8 Å². The molecule has 34 heavy (non-hydrogen) atoms. The summed E-state index contributed by atoms with van der Waals surface area (Å²) >= 11 is 0. The monoisotopic (exact) mass is 454 g/mol. The topological polar surface area (TPSA) is 86.2 Å². The number of hydrogen-bond donors (Lipinski definition) is 1. The number of esters is 1. The highest BCUT2D eigenvalue weighted by molar-refractivity contribution is 5.92. The van der Waals surface area contributed by atoms with Crippen molar-refractivity contribution in [3.63, 3.8) is 0 Å². The Kier molecular flexibility index (Phi) is 7.15. The summed E-state index contributed by atoms with van der Waals surface area (Å²) in [5.41, 5.74) is 3.48. The number of fused-ring (bicyclic) bond motifs is 1. The van der Waals surface area contributed by atoms with E-state index < -0.39 is 11.9 Å². The van der Waals surface area contributed by atoms with Gasteiger partial charge in [-0.25, -0.2) is 10.2 Å². The van der Waals surface area contributed by atoms with E-state index in [-0.39, 0.29) is 6.61 Å². The Balaban J connectivity index is 1.30. The van der Waals surface area contributed by atoms with E-state index in [4.69, 9.17) is 14.2 Å². The zero-order valence-electron chi connectivity index (χ0n) is 18.4. The SMILES string of the molecule is COc1ccc(C(=O)Oc2cccc(C=NNC(=O)COc3cccc4ccccc34)c2)cc1. The zero-order chi connectivity index (χ0) is 23.8. The molecule has 0 bridgehead atoms. The van der Waals surface area contributed by atoms with Crippen molar-refractivity contribution in [2.45, 2.75) is 0 Å². The van der Waals surface area contributed by atoms with E-state index in [1.54, 1.807) is 55.6 Å². The zero-order valence-corrected chi connectivity index (χ0v) is 18.4. The van der Waals surface area contributed by atoms with Crippen LogP contribution in [0.1, 0.15) is 15.9 Å². The molecule has 7 nitrogen and oxygen atoms in total. The van der Waals surface area contributed by atoms with Crippen LogP contribution in [0.2, 0.25) is 0 Å². The molecule has 4 aromatic carbocycles. The second kappa shape index (κ2) is 10.8. The molecule has 0 heterocycles. The van der Waals surface area contributed by atoms with Crippen LogP contribution in [-0.2, 0) is 4.79 Å². The van der Waals surface area contributed by atoms with Crippen molar-refractivity contribution in [1.82, 2.24) is 5.43 Å². The number of nitrogens with zero attached hydrogens (tertiary/aromatic N) is 1. The number of carbonyl (C=O) groups is 2. The maximum atomic E-state index is 12.3. The minimum Gasteiger partial charge on any atom is -0.497 e. The van der Waals surface area contributed by atoms with Crippen LogP contribution >= 0.6 is 0 Å². The molecule has 0 saturated carbocycles. The first-order valence-electron chi connectivity index (χ1n) is 10.5. The normalized spacial score (nSPS) is 10.7. The quantitative estimate of drug-likeness (QED) is 0.182. The third kappa shape index (κ3) is 5.77. The maximum Gasteiger partial charge on any atom is 0.343 e. The van der Waals surface area contributed by atoms with Gasteiger partial charge in [0, 0.05) is 5.39 Å².